The molecule has 20 heavy (non-hydrogen) atoms. The highest BCUT2D eigenvalue weighted by atomic mass is 16.4. The van der Waals surface area contributed by atoms with Gasteiger partial charge in [-0.15, -0.1) is 0 Å². The number of nitrogens with zero attached hydrogens (tertiary/aromatic N) is 2. The van der Waals surface area contributed by atoms with E-state index in [1.165, 1.54) is 12.4 Å². The van der Waals surface area contributed by atoms with E-state index in [4.69, 9.17) is 5.11 Å². The van der Waals surface area contributed by atoms with E-state index in [0.29, 0.717) is 5.69 Å². The third kappa shape index (κ3) is 3.29. The van der Waals surface area contributed by atoms with E-state index < -0.39 is 12.0 Å². The highest BCUT2D eigenvalue weighted by molar-refractivity contribution is 6.02. The number of carbonyl (C=O) groups excluding carboxylic acids is 1. The van der Waals surface area contributed by atoms with Gasteiger partial charge in [-0.2, -0.15) is 0 Å². The largest absolute Gasteiger partial charge is 0.476 e. The van der Waals surface area contributed by atoms with Crippen LogP contribution >= 0.6 is 0 Å². The number of carboxylic acid groups (broad SMARTS) is 1. The zero-order chi connectivity index (χ0) is 14.5. The third-order valence-corrected chi connectivity index (χ3v) is 2.41. The van der Waals surface area contributed by atoms with Crippen LogP contribution in [-0.4, -0.2) is 27.1 Å². The molecule has 0 atom stereocenters. The van der Waals surface area contributed by atoms with Crippen molar-refractivity contribution in [2.24, 2.45) is 0 Å². The van der Waals surface area contributed by atoms with Crippen molar-refractivity contribution >= 4 is 23.5 Å². The average Bonchev–Trinajstić information content (AvgIpc) is 2.38. The number of carboxylic acids is 1. The standard InChI is InChI=1S/C13H12N4O3/c1-8-3-2-4-9(7-8)16-13(20)17-11-10(12(18)19)14-5-6-15-11/h2-7H,1H3,(H,18,19)(H2,15,16,17,20). The van der Waals surface area contributed by atoms with Crippen LogP contribution in [0.5, 0.6) is 0 Å². The van der Waals surface area contributed by atoms with Gasteiger partial charge in [0.2, 0.25) is 0 Å². The molecule has 2 aromatic rings. The van der Waals surface area contributed by atoms with Gasteiger partial charge in [-0.05, 0) is 24.6 Å². The molecule has 7 nitrogen and oxygen atoms in total. The van der Waals surface area contributed by atoms with E-state index >= 15 is 0 Å². The van der Waals surface area contributed by atoms with Crippen molar-refractivity contribution in [2.45, 2.75) is 6.92 Å². The first kappa shape index (κ1) is 13.5. The van der Waals surface area contributed by atoms with Gasteiger partial charge in [-0.25, -0.2) is 19.6 Å². The van der Waals surface area contributed by atoms with Crippen molar-refractivity contribution < 1.29 is 14.7 Å². The summed E-state index contributed by atoms with van der Waals surface area (Å²) in [6.45, 7) is 1.90. The summed E-state index contributed by atoms with van der Waals surface area (Å²) in [7, 11) is 0. The predicted octanol–water partition coefficient (Wildman–Crippen LogP) is 2.13. The molecule has 102 valence electrons. The Kier molecular flexibility index (Phi) is 3.90. The highest BCUT2D eigenvalue weighted by Crippen LogP contribution is 2.12. The van der Waals surface area contributed by atoms with Crippen LogP contribution in [0.4, 0.5) is 16.3 Å². The van der Waals surface area contributed by atoms with Crippen molar-refractivity contribution in [1.82, 2.24) is 9.97 Å². The van der Waals surface area contributed by atoms with E-state index in [1.54, 1.807) is 18.2 Å². The van der Waals surface area contributed by atoms with Crippen molar-refractivity contribution in [3.05, 3.63) is 47.9 Å². The van der Waals surface area contributed by atoms with Crippen LogP contribution in [-0.2, 0) is 0 Å². The molecule has 2 rings (SSSR count). The molecule has 0 aliphatic carbocycles. The molecule has 0 aliphatic rings. The molecular weight excluding hydrogens is 260 g/mol. The van der Waals surface area contributed by atoms with Gasteiger partial charge in [0.1, 0.15) is 0 Å². The summed E-state index contributed by atoms with van der Waals surface area (Å²) in [5, 5.41) is 13.9. The summed E-state index contributed by atoms with van der Waals surface area (Å²) >= 11 is 0. The van der Waals surface area contributed by atoms with Gasteiger partial charge in [0, 0.05) is 18.1 Å². The van der Waals surface area contributed by atoms with Crippen molar-refractivity contribution in [3.8, 4) is 0 Å². The number of aromatic carboxylic acids is 1. The summed E-state index contributed by atoms with van der Waals surface area (Å²) in [4.78, 5) is 30.1. The fourth-order valence-corrected chi connectivity index (χ4v) is 1.58. The van der Waals surface area contributed by atoms with Crippen LogP contribution in [0.15, 0.2) is 36.7 Å². The summed E-state index contributed by atoms with van der Waals surface area (Å²) in [5.41, 5.74) is 1.28. The molecule has 0 fully saturated rings. The Morgan fingerprint density at radius 1 is 1.15 bits per heavy atom. The minimum Gasteiger partial charge on any atom is -0.476 e. The minimum absolute atomic E-state index is 0.106. The molecule has 2 amide bonds. The fourth-order valence-electron chi connectivity index (χ4n) is 1.58. The van der Waals surface area contributed by atoms with Crippen LogP contribution in [0, 0.1) is 6.92 Å². The van der Waals surface area contributed by atoms with E-state index in [9.17, 15) is 9.59 Å². The number of hydrogen-bond acceptors (Lipinski definition) is 4. The van der Waals surface area contributed by atoms with Gasteiger partial charge >= 0.3 is 12.0 Å². The van der Waals surface area contributed by atoms with Gasteiger partial charge in [-0.1, -0.05) is 12.1 Å². The topological polar surface area (TPSA) is 104 Å². The molecule has 0 radical (unpaired) electrons. The third-order valence-electron chi connectivity index (χ3n) is 2.41. The number of nitrogens with one attached hydrogen (secondary N) is 2. The quantitative estimate of drug-likeness (QED) is 0.793. The van der Waals surface area contributed by atoms with E-state index in [1.807, 2.05) is 13.0 Å². The molecule has 0 bridgehead atoms. The normalized spacial score (nSPS) is 9.85. The Bertz CT molecular complexity index is 658. The lowest BCUT2D eigenvalue weighted by molar-refractivity contribution is 0.0691. The molecule has 1 heterocycles. The Hall–Kier alpha value is -2.96. The first-order valence-corrected chi connectivity index (χ1v) is 5.75. The van der Waals surface area contributed by atoms with Gasteiger partial charge in [-0.3, -0.25) is 5.32 Å². The lowest BCUT2D eigenvalue weighted by Crippen LogP contribution is -2.22. The molecule has 7 heteroatoms. The first-order chi connectivity index (χ1) is 9.56. The SMILES string of the molecule is Cc1cccc(NC(=O)Nc2nccnc2C(=O)O)c1. The number of rotatable bonds is 3. The number of benzene rings is 1. The van der Waals surface area contributed by atoms with Crippen molar-refractivity contribution in [2.75, 3.05) is 10.6 Å². The second-order valence-corrected chi connectivity index (χ2v) is 4.01. The number of urea groups is 1. The van der Waals surface area contributed by atoms with E-state index in [2.05, 4.69) is 20.6 Å². The maximum atomic E-state index is 11.8. The summed E-state index contributed by atoms with van der Waals surface area (Å²) in [6.07, 6.45) is 2.54. The van der Waals surface area contributed by atoms with Gasteiger partial charge < -0.3 is 10.4 Å². The van der Waals surface area contributed by atoms with Gasteiger partial charge in [0.25, 0.3) is 0 Å². The van der Waals surface area contributed by atoms with Crippen molar-refractivity contribution in [1.29, 1.82) is 0 Å². The fraction of sp³-hybridized carbons (Fsp3) is 0.0769. The van der Waals surface area contributed by atoms with Crippen LogP contribution < -0.4 is 10.6 Å². The zero-order valence-electron chi connectivity index (χ0n) is 10.6. The summed E-state index contributed by atoms with van der Waals surface area (Å²) in [6, 6.07) is 6.62. The average molecular weight is 272 g/mol. The molecule has 3 N–H and O–H groups in total. The van der Waals surface area contributed by atoms with Crippen molar-refractivity contribution in [3.63, 3.8) is 0 Å². The smallest absolute Gasteiger partial charge is 0.358 e. The molecule has 0 saturated heterocycles. The lowest BCUT2D eigenvalue weighted by Gasteiger charge is -2.08. The minimum atomic E-state index is -1.26. The van der Waals surface area contributed by atoms with E-state index in [0.717, 1.165) is 5.56 Å². The van der Waals surface area contributed by atoms with E-state index in [-0.39, 0.29) is 11.5 Å². The van der Waals surface area contributed by atoms with Gasteiger partial charge in [0.15, 0.2) is 11.5 Å². The molecule has 0 saturated carbocycles. The number of anilines is 2. The molecule has 1 aromatic carbocycles. The summed E-state index contributed by atoms with van der Waals surface area (Å²) in [5.74, 6) is -1.37. The number of amides is 2. The monoisotopic (exact) mass is 272 g/mol. The van der Waals surface area contributed by atoms with Crippen LogP contribution in [0.25, 0.3) is 0 Å². The maximum absolute atomic E-state index is 11.8. The Morgan fingerprint density at radius 2 is 1.90 bits per heavy atom. The number of aromatic nitrogens is 2. The number of carbonyl (C=O) groups is 2. The van der Waals surface area contributed by atoms with Crippen LogP contribution in [0.3, 0.4) is 0 Å². The van der Waals surface area contributed by atoms with Crippen LogP contribution in [0.2, 0.25) is 0 Å². The number of aryl methyl sites for hydroxylation is 1. The first-order valence-electron chi connectivity index (χ1n) is 5.75. The predicted molar refractivity (Wildman–Crippen MR) is 72.8 cm³/mol. The zero-order valence-corrected chi connectivity index (χ0v) is 10.6. The van der Waals surface area contributed by atoms with Gasteiger partial charge in [0.05, 0.1) is 0 Å². The Morgan fingerprint density at radius 3 is 2.60 bits per heavy atom. The molecule has 1 aromatic heterocycles. The molecule has 0 aliphatic heterocycles. The Labute approximate surface area is 114 Å². The highest BCUT2D eigenvalue weighted by Gasteiger charge is 2.14. The number of hydrogen-bond donors (Lipinski definition) is 3. The summed E-state index contributed by atoms with van der Waals surface area (Å²) < 4.78 is 0. The molecule has 0 spiro atoms. The molecule has 0 unspecified atom stereocenters. The second kappa shape index (κ2) is 5.79. The maximum Gasteiger partial charge on any atom is 0.358 e. The second-order valence-electron chi connectivity index (χ2n) is 4.01. The Balaban J connectivity index is 2.11. The molecular formula is C13H12N4O3. The lowest BCUT2D eigenvalue weighted by atomic mass is 10.2. The van der Waals surface area contributed by atoms with Crippen LogP contribution in [0.1, 0.15) is 16.1 Å².